The Morgan fingerprint density at radius 2 is 2.00 bits per heavy atom. The Morgan fingerprint density at radius 3 is 2.62 bits per heavy atom. The molecule has 0 amide bonds. The highest BCUT2D eigenvalue weighted by molar-refractivity contribution is 5.90. The molecule has 0 radical (unpaired) electrons. The van der Waals surface area contributed by atoms with Gasteiger partial charge in [-0.05, 0) is 31.4 Å². The van der Waals surface area contributed by atoms with E-state index in [1.54, 1.807) is 0 Å². The number of benzene rings is 1. The van der Waals surface area contributed by atoms with Crippen molar-refractivity contribution < 1.29 is 24.5 Å². The average molecular weight is 292 g/mol. The van der Waals surface area contributed by atoms with Gasteiger partial charge in [-0.1, -0.05) is 0 Å². The van der Waals surface area contributed by atoms with E-state index in [4.69, 9.17) is 9.52 Å². The number of hydrogen-bond acceptors (Lipinski definition) is 6. The van der Waals surface area contributed by atoms with Gasteiger partial charge in [0.05, 0.1) is 12.5 Å². The molecule has 2 aromatic rings. The van der Waals surface area contributed by atoms with Gasteiger partial charge in [0.15, 0.2) is 0 Å². The number of phenols is 2. The number of hydrogen-bond donors (Lipinski definition) is 3. The number of ketones is 1. The summed E-state index contributed by atoms with van der Waals surface area (Å²) in [7, 11) is 0. The number of carbonyl (C=O) groups excluding carboxylic acids is 1. The molecule has 1 aromatic heterocycles. The van der Waals surface area contributed by atoms with Crippen LogP contribution < -0.4 is 5.63 Å². The molecule has 112 valence electrons. The Kier molecular flexibility index (Phi) is 3.99. The summed E-state index contributed by atoms with van der Waals surface area (Å²) in [6.45, 7) is 2.97. The summed E-state index contributed by atoms with van der Waals surface area (Å²) in [6.07, 6.45) is -0.933. The van der Waals surface area contributed by atoms with Crippen LogP contribution in [0.4, 0.5) is 0 Å². The fraction of sp³-hybridized carbons (Fsp3) is 0.333. The molecule has 1 aromatic carbocycles. The van der Waals surface area contributed by atoms with Gasteiger partial charge in [0, 0.05) is 12.0 Å². The highest BCUT2D eigenvalue weighted by Gasteiger charge is 2.16. The van der Waals surface area contributed by atoms with Crippen molar-refractivity contribution in [3.63, 3.8) is 0 Å². The fourth-order valence-electron chi connectivity index (χ4n) is 2.16. The van der Waals surface area contributed by atoms with Gasteiger partial charge in [-0.2, -0.15) is 0 Å². The molecule has 0 aliphatic heterocycles. The minimum atomic E-state index is -0.770. The predicted octanol–water partition coefficient (Wildman–Crippen LogP) is 1.40. The number of carbonyl (C=O) groups is 1. The van der Waals surface area contributed by atoms with E-state index < -0.39 is 11.7 Å². The zero-order valence-electron chi connectivity index (χ0n) is 11.7. The molecule has 0 saturated heterocycles. The van der Waals surface area contributed by atoms with Gasteiger partial charge >= 0.3 is 5.63 Å². The van der Waals surface area contributed by atoms with Gasteiger partial charge in [-0.25, -0.2) is 4.79 Å². The van der Waals surface area contributed by atoms with E-state index in [0.717, 1.165) is 0 Å². The lowest BCUT2D eigenvalue weighted by atomic mass is 10.0. The Hall–Kier alpha value is -2.34. The smallest absolute Gasteiger partial charge is 0.347 e. The molecule has 1 atom stereocenters. The summed E-state index contributed by atoms with van der Waals surface area (Å²) in [5, 5.41) is 29.0. The maximum atomic E-state index is 11.9. The summed E-state index contributed by atoms with van der Waals surface area (Å²) in [4.78, 5) is 23.6. The Balaban J connectivity index is 2.48. The molecule has 6 nitrogen and oxygen atoms in total. The molecular formula is C15H16O6. The van der Waals surface area contributed by atoms with Crippen molar-refractivity contribution in [2.45, 2.75) is 32.8 Å². The summed E-state index contributed by atoms with van der Waals surface area (Å²) in [5.74, 6) is -0.624. The van der Waals surface area contributed by atoms with Crippen LogP contribution in [0, 0.1) is 6.92 Å². The molecule has 6 heteroatoms. The summed E-state index contributed by atoms with van der Waals surface area (Å²) >= 11 is 0. The van der Waals surface area contributed by atoms with Crippen LogP contribution in [0.25, 0.3) is 10.8 Å². The third kappa shape index (κ3) is 3.05. The van der Waals surface area contributed by atoms with E-state index in [-0.39, 0.29) is 46.8 Å². The van der Waals surface area contributed by atoms with Gasteiger partial charge in [0.2, 0.25) is 0 Å². The van der Waals surface area contributed by atoms with E-state index in [1.807, 2.05) is 0 Å². The molecule has 2 rings (SSSR count). The number of phenolic OH excluding ortho intramolecular Hbond substituents is 2. The molecule has 0 aliphatic rings. The van der Waals surface area contributed by atoms with Crippen molar-refractivity contribution in [3.8, 4) is 11.5 Å². The first-order valence-corrected chi connectivity index (χ1v) is 6.47. The van der Waals surface area contributed by atoms with Crippen molar-refractivity contribution in [2.75, 3.05) is 0 Å². The zero-order valence-corrected chi connectivity index (χ0v) is 11.7. The van der Waals surface area contributed by atoms with Gasteiger partial charge in [-0.15, -0.1) is 0 Å². The molecule has 1 heterocycles. The standard InChI is InChI=1S/C15H16O6/c1-7(16)3-10(17)6-11-4-9-5-12(18)8(2)14(19)13(9)15(20)21-11/h4-5,7,16,18-19H,3,6H2,1-2H3/t7-/m0/s1. The number of fused-ring (bicyclic) bond motifs is 1. The van der Waals surface area contributed by atoms with Crippen LogP contribution in [-0.2, 0) is 11.2 Å². The van der Waals surface area contributed by atoms with Crippen LogP contribution in [-0.4, -0.2) is 27.2 Å². The highest BCUT2D eigenvalue weighted by Crippen LogP contribution is 2.33. The van der Waals surface area contributed by atoms with Gasteiger partial charge in [-0.3, -0.25) is 4.79 Å². The molecule has 0 fully saturated rings. The van der Waals surface area contributed by atoms with E-state index >= 15 is 0 Å². The molecule has 0 unspecified atom stereocenters. The van der Waals surface area contributed by atoms with Crippen molar-refractivity contribution in [3.05, 3.63) is 33.9 Å². The lowest BCUT2D eigenvalue weighted by Crippen LogP contribution is -2.13. The lowest BCUT2D eigenvalue weighted by Gasteiger charge is -2.07. The second-order valence-electron chi connectivity index (χ2n) is 5.10. The van der Waals surface area contributed by atoms with Crippen LogP contribution in [0.2, 0.25) is 0 Å². The Bertz CT molecular complexity index is 757. The monoisotopic (exact) mass is 292 g/mol. The SMILES string of the molecule is Cc1c(O)cc2cc(CC(=O)C[C@H](C)O)oc(=O)c2c1O. The zero-order chi connectivity index (χ0) is 15.7. The minimum absolute atomic E-state index is 0.0305. The highest BCUT2D eigenvalue weighted by atomic mass is 16.4. The Morgan fingerprint density at radius 1 is 1.33 bits per heavy atom. The van der Waals surface area contributed by atoms with Gasteiger partial charge < -0.3 is 19.7 Å². The number of aromatic hydroxyl groups is 2. The molecular weight excluding hydrogens is 276 g/mol. The van der Waals surface area contributed by atoms with E-state index in [1.165, 1.54) is 26.0 Å². The first kappa shape index (κ1) is 15.1. The minimum Gasteiger partial charge on any atom is -0.508 e. The molecule has 0 bridgehead atoms. The van der Waals surface area contributed by atoms with E-state index in [9.17, 15) is 19.8 Å². The first-order valence-electron chi connectivity index (χ1n) is 6.47. The van der Waals surface area contributed by atoms with Crippen LogP contribution >= 0.6 is 0 Å². The number of aliphatic hydroxyl groups excluding tert-OH is 1. The predicted molar refractivity (Wildman–Crippen MR) is 75.6 cm³/mol. The van der Waals surface area contributed by atoms with Gasteiger partial charge in [0.25, 0.3) is 0 Å². The van der Waals surface area contributed by atoms with Crippen LogP contribution in [0.15, 0.2) is 21.3 Å². The first-order chi connectivity index (χ1) is 9.79. The largest absolute Gasteiger partial charge is 0.508 e. The quantitative estimate of drug-likeness (QED) is 0.786. The van der Waals surface area contributed by atoms with Crippen LogP contribution in [0.5, 0.6) is 11.5 Å². The topological polar surface area (TPSA) is 108 Å². The van der Waals surface area contributed by atoms with Crippen LogP contribution in [0.1, 0.15) is 24.7 Å². The van der Waals surface area contributed by atoms with Crippen molar-refractivity contribution in [1.29, 1.82) is 0 Å². The molecule has 0 spiro atoms. The maximum absolute atomic E-state index is 11.9. The van der Waals surface area contributed by atoms with Crippen molar-refractivity contribution in [1.82, 2.24) is 0 Å². The molecule has 3 N–H and O–H groups in total. The molecule has 21 heavy (non-hydrogen) atoms. The Labute approximate surface area is 120 Å². The molecule has 0 aliphatic carbocycles. The second-order valence-corrected chi connectivity index (χ2v) is 5.10. The fourth-order valence-corrected chi connectivity index (χ4v) is 2.16. The lowest BCUT2D eigenvalue weighted by molar-refractivity contribution is -0.120. The van der Waals surface area contributed by atoms with E-state index in [0.29, 0.717) is 5.39 Å². The van der Waals surface area contributed by atoms with Crippen molar-refractivity contribution >= 4 is 16.6 Å². The molecule has 0 saturated carbocycles. The average Bonchev–Trinajstić information content (AvgIpc) is 2.34. The van der Waals surface area contributed by atoms with Crippen molar-refractivity contribution in [2.24, 2.45) is 0 Å². The third-order valence-electron chi connectivity index (χ3n) is 3.20. The third-order valence-corrected chi connectivity index (χ3v) is 3.20. The normalized spacial score (nSPS) is 12.5. The number of rotatable bonds is 4. The maximum Gasteiger partial charge on any atom is 0.347 e. The van der Waals surface area contributed by atoms with Crippen LogP contribution in [0.3, 0.4) is 0 Å². The van der Waals surface area contributed by atoms with E-state index in [2.05, 4.69) is 0 Å². The van der Waals surface area contributed by atoms with Gasteiger partial charge in [0.1, 0.15) is 28.4 Å². The number of aliphatic hydroxyl groups is 1. The number of Topliss-reactive ketones (excluding diaryl/α,β-unsaturated/α-hetero) is 1. The summed E-state index contributed by atoms with van der Waals surface area (Å²) in [5.41, 5.74) is -0.583. The second kappa shape index (κ2) is 5.57. The summed E-state index contributed by atoms with van der Waals surface area (Å²) in [6, 6.07) is 2.76. The summed E-state index contributed by atoms with van der Waals surface area (Å²) < 4.78 is 5.02.